The standard InChI is InChI=1S/C27H27N3O3S/c31-25(28-18-21-14-9-17-33-21)22-15-7-8-16-23(22)29-27(34)30-26(32)24(19-10-3-1-4-11-19)20-12-5-2-6-13-20/h1-8,10-13,15-16,21,24H,9,14,17-18H2,(H,28,31)(H2,29,30,32,34). The van der Waals surface area contributed by atoms with Crippen molar-refractivity contribution in [1.29, 1.82) is 0 Å². The van der Waals surface area contributed by atoms with E-state index in [2.05, 4.69) is 16.0 Å². The first-order valence-corrected chi connectivity index (χ1v) is 11.7. The first kappa shape index (κ1) is 23.6. The molecule has 0 radical (unpaired) electrons. The molecule has 1 aliphatic heterocycles. The monoisotopic (exact) mass is 473 g/mol. The van der Waals surface area contributed by atoms with Gasteiger partial charge in [-0.1, -0.05) is 72.8 Å². The topological polar surface area (TPSA) is 79.5 Å². The summed E-state index contributed by atoms with van der Waals surface area (Å²) in [7, 11) is 0. The minimum Gasteiger partial charge on any atom is -0.376 e. The molecular formula is C27H27N3O3S. The molecule has 3 aromatic rings. The lowest BCUT2D eigenvalue weighted by Crippen LogP contribution is -2.38. The second-order valence-electron chi connectivity index (χ2n) is 8.09. The van der Waals surface area contributed by atoms with Gasteiger partial charge in [0.15, 0.2) is 5.11 Å². The first-order chi connectivity index (χ1) is 16.6. The number of anilines is 1. The number of hydrogen-bond donors (Lipinski definition) is 3. The molecule has 0 aromatic heterocycles. The molecule has 7 heteroatoms. The van der Waals surface area contributed by atoms with Crippen LogP contribution in [0.25, 0.3) is 0 Å². The predicted molar refractivity (Wildman–Crippen MR) is 137 cm³/mol. The Kier molecular flexibility index (Phi) is 8.01. The van der Waals surface area contributed by atoms with Crippen molar-refractivity contribution in [2.45, 2.75) is 24.9 Å². The van der Waals surface area contributed by atoms with Crippen LogP contribution in [0.1, 0.15) is 40.2 Å². The summed E-state index contributed by atoms with van der Waals surface area (Å²) < 4.78 is 5.57. The molecule has 4 rings (SSSR count). The molecule has 0 aliphatic carbocycles. The van der Waals surface area contributed by atoms with Crippen LogP contribution in [0.2, 0.25) is 0 Å². The van der Waals surface area contributed by atoms with Gasteiger partial charge in [0.1, 0.15) is 0 Å². The van der Waals surface area contributed by atoms with Gasteiger partial charge in [-0.3, -0.25) is 9.59 Å². The van der Waals surface area contributed by atoms with E-state index in [0.717, 1.165) is 30.6 Å². The summed E-state index contributed by atoms with van der Waals surface area (Å²) in [5.74, 6) is -0.999. The third kappa shape index (κ3) is 6.07. The molecule has 1 fully saturated rings. The van der Waals surface area contributed by atoms with Crippen LogP contribution in [0.15, 0.2) is 84.9 Å². The Balaban J connectivity index is 1.44. The van der Waals surface area contributed by atoms with Gasteiger partial charge in [-0.2, -0.15) is 0 Å². The Morgan fingerprint density at radius 3 is 2.15 bits per heavy atom. The number of carbonyl (C=O) groups excluding carboxylic acids is 2. The van der Waals surface area contributed by atoms with Crippen molar-refractivity contribution < 1.29 is 14.3 Å². The van der Waals surface area contributed by atoms with E-state index in [1.165, 1.54) is 0 Å². The molecule has 0 spiro atoms. The Bertz CT molecular complexity index is 1090. The molecule has 174 valence electrons. The fraction of sp³-hybridized carbons (Fsp3) is 0.222. The van der Waals surface area contributed by atoms with Crippen LogP contribution in [0.4, 0.5) is 5.69 Å². The van der Waals surface area contributed by atoms with Crippen LogP contribution in [0, 0.1) is 0 Å². The quantitative estimate of drug-likeness (QED) is 0.448. The van der Waals surface area contributed by atoms with Crippen molar-refractivity contribution in [3.63, 3.8) is 0 Å². The van der Waals surface area contributed by atoms with Crippen LogP contribution in [-0.4, -0.2) is 36.2 Å². The smallest absolute Gasteiger partial charge is 0.253 e. The third-order valence-electron chi connectivity index (χ3n) is 5.70. The van der Waals surface area contributed by atoms with Crippen molar-refractivity contribution in [2.75, 3.05) is 18.5 Å². The highest BCUT2D eigenvalue weighted by molar-refractivity contribution is 7.80. The summed E-state index contributed by atoms with van der Waals surface area (Å²) in [4.78, 5) is 26.0. The number of thiocarbonyl (C=S) groups is 1. The van der Waals surface area contributed by atoms with Gasteiger partial charge in [0, 0.05) is 13.2 Å². The maximum absolute atomic E-state index is 13.3. The van der Waals surface area contributed by atoms with E-state index in [0.29, 0.717) is 17.8 Å². The molecule has 1 saturated heterocycles. The predicted octanol–water partition coefficient (Wildman–Crippen LogP) is 4.24. The van der Waals surface area contributed by atoms with Crippen LogP contribution < -0.4 is 16.0 Å². The van der Waals surface area contributed by atoms with Gasteiger partial charge >= 0.3 is 0 Å². The normalized spacial score (nSPS) is 15.0. The lowest BCUT2D eigenvalue weighted by Gasteiger charge is -2.19. The molecule has 2 amide bonds. The van der Waals surface area contributed by atoms with Crippen LogP contribution in [0.5, 0.6) is 0 Å². The Morgan fingerprint density at radius 2 is 1.53 bits per heavy atom. The van der Waals surface area contributed by atoms with Crippen LogP contribution in [-0.2, 0) is 9.53 Å². The molecule has 1 heterocycles. The van der Waals surface area contributed by atoms with E-state index in [1.54, 1.807) is 24.3 Å². The highest BCUT2D eigenvalue weighted by atomic mass is 32.1. The van der Waals surface area contributed by atoms with Crippen molar-refractivity contribution in [3.8, 4) is 0 Å². The van der Waals surface area contributed by atoms with E-state index < -0.39 is 5.92 Å². The van der Waals surface area contributed by atoms with Gasteiger partial charge in [-0.25, -0.2) is 0 Å². The van der Waals surface area contributed by atoms with Gasteiger partial charge < -0.3 is 20.7 Å². The van der Waals surface area contributed by atoms with Crippen molar-refractivity contribution in [2.24, 2.45) is 0 Å². The van der Waals surface area contributed by atoms with Crippen molar-refractivity contribution in [1.82, 2.24) is 10.6 Å². The number of benzene rings is 3. The lowest BCUT2D eigenvalue weighted by atomic mass is 9.90. The third-order valence-corrected chi connectivity index (χ3v) is 5.90. The maximum Gasteiger partial charge on any atom is 0.253 e. The average Bonchev–Trinajstić information content (AvgIpc) is 3.38. The SMILES string of the molecule is O=C(NCC1CCCO1)c1ccccc1NC(=S)NC(=O)C(c1ccccc1)c1ccccc1. The number of para-hydroxylation sites is 1. The molecule has 3 aromatic carbocycles. The van der Waals surface area contributed by atoms with Crippen LogP contribution >= 0.6 is 12.2 Å². The average molecular weight is 474 g/mol. The van der Waals surface area contributed by atoms with E-state index >= 15 is 0 Å². The summed E-state index contributed by atoms with van der Waals surface area (Å²) in [5, 5.41) is 8.86. The van der Waals surface area contributed by atoms with E-state index in [4.69, 9.17) is 17.0 Å². The van der Waals surface area contributed by atoms with E-state index in [-0.39, 0.29) is 23.0 Å². The summed E-state index contributed by atoms with van der Waals surface area (Å²) in [6, 6.07) is 26.2. The van der Waals surface area contributed by atoms with Gasteiger partial charge in [-0.15, -0.1) is 0 Å². The highest BCUT2D eigenvalue weighted by Gasteiger charge is 2.24. The largest absolute Gasteiger partial charge is 0.376 e. The zero-order valence-corrected chi connectivity index (χ0v) is 19.5. The van der Waals surface area contributed by atoms with Gasteiger partial charge in [-0.05, 0) is 48.3 Å². The Morgan fingerprint density at radius 1 is 0.912 bits per heavy atom. The molecular weight excluding hydrogens is 446 g/mol. The molecule has 3 N–H and O–H groups in total. The minimum absolute atomic E-state index is 0.0531. The van der Waals surface area contributed by atoms with Crippen molar-refractivity contribution in [3.05, 3.63) is 102 Å². The molecule has 1 unspecified atom stereocenters. The fourth-order valence-electron chi connectivity index (χ4n) is 4.02. The minimum atomic E-state index is -0.521. The maximum atomic E-state index is 13.3. The number of amides is 2. The molecule has 34 heavy (non-hydrogen) atoms. The molecule has 1 atom stereocenters. The van der Waals surface area contributed by atoms with Crippen LogP contribution in [0.3, 0.4) is 0 Å². The first-order valence-electron chi connectivity index (χ1n) is 11.3. The highest BCUT2D eigenvalue weighted by Crippen LogP contribution is 2.25. The molecule has 1 aliphatic rings. The molecule has 6 nitrogen and oxygen atoms in total. The molecule has 0 bridgehead atoms. The van der Waals surface area contributed by atoms with Crippen molar-refractivity contribution >= 4 is 34.8 Å². The van der Waals surface area contributed by atoms with E-state index in [1.807, 2.05) is 60.7 Å². The Hall–Kier alpha value is -3.55. The number of carbonyl (C=O) groups is 2. The summed E-state index contributed by atoms with van der Waals surface area (Å²) >= 11 is 5.43. The summed E-state index contributed by atoms with van der Waals surface area (Å²) in [6.07, 6.45) is 2.01. The van der Waals surface area contributed by atoms with E-state index in [9.17, 15) is 9.59 Å². The van der Waals surface area contributed by atoms with Gasteiger partial charge in [0.05, 0.1) is 23.3 Å². The number of nitrogens with one attached hydrogen (secondary N) is 3. The summed E-state index contributed by atoms with van der Waals surface area (Å²) in [6.45, 7) is 1.20. The molecule has 0 saturated carbocycles. The number of hydrogen-bond acceptors (Lipinski definition) is 4. The number of ether oxygens (including phenoxy) is 1. The number of rotatable bonds is 7. The zero-order valence-electron chi connectivity index (χ0n) is 18.7. The van der Waals surface area contributed by atoms with Gasteiger partial charge in [0.2, 0.25) is 5.91 Å². The lowest BCUT2D eigenvalue weighted by molar-refractivity contribution is -0.120. The summed E-state index contributed by atoms with van der Waals surface area (Å²) in [5.41, 5.74) is 2.69. The second kappa shape index (κ2) is 11.5. The second-order valence-corrected chi connectivity index (χ2v) is 8.50. The van der Waals surface area contributed by atoms with Gasteiger partial charge in [0.25, 0.3) is 5.91 Å². The Labute approximate surface area is 204 Å². The zero-order chi connectivity index (χ0) is 23.8. The fourth-order valence-corrected chi connectivity index (χ4v) is 4.23.